The number of thioether (sulfide) groups is 1. The van der Waals surface area contributed by atoms with Gasteiger partial charge in [-0.2, -0.15) is 18.4 Å². The molecule has 0 saturated heterocycles. The number of nitriles is 1. The molecule has 0 saturated carbocycles. The van der Waals surface area contributed by atoms with E-state index in [1.54, 1.807) is 6.07 Å². The van der Waals surface area contributed by atoms with Gasteiger partial charge in [-0.1, -0.05) is 11.6 Å². The molecule has 0 bridgehead atoms. The molecule has 0 aliphatic carbocycles. The van der Waals surface area contributed by atoms with Gasteiger partial charge in [0.2, 0.25) is 0 Å². The van der Waals surface area contributed by atoms with Crippen LogP contribution in [0.15, 0.2) is 17.0 Å². The number of hydrogen-bond acceptors (Lipinski definition) is 4. The van der Waals surface area contributed by atoms with Crippen LogP contribution in [0, 0.1) is 11.3 Å². The Morgan fingerprint density at radius 2 is 2.11 bits per heavy atom. The Kier molecular flexibility index (Phi) is 4.48. The quantitative estimate of drug-likeness (QED) is 0.618. The summed E-state index contributed by atoms with van der Waals surface area (Å²) in [4.78, 5) is 11.0. The molecule has 0 spiro atoms. The van der Waals surface area contributed by atoms with Crippen molar-refractivity contribution in [2.75, 3.05) is 7.11 Å². The van der Waals surface area contributed by atoms with Crippen LogP contribution in [0.2, 0.25) is 5.02 Å². The second-order valence-electron chi connectivity index (χ2n) is 2.95. The SMILES string of the molecule is COC(=O)c1c(C#N)ccc(SC(F)(F)F)c1Cl. The van der Waals surface area contributed by atoms with Crippen molar-refractivity contribution in [3.05, 3.63) is 28.3 Å². The fraction of sp³-hybridized carbons (Fsp3) is 0.200. The van der Waals surface area contributed by atoms with Gasteiger partial charge >= 0.3 is 11.5 Å². The van der Waals surface area contributed by atoms with Crippen molar-refractivity contribution in [2.24, 2.45) is 0 Å². The number of halogens is 4. The van der Waals surface area contributed by atoms with Crippen LogP contribution in [0.25, 0.3) is 0 Å². The van der Waals surface area contributed by atoms with Crippen molar-refractivity contribution in [3.8, 4) is 6.07 Å². The van der Waals surface area contributed by atoms with Crippen LogP contribution in [0.1, 0.15) is 15.9 Å². The Bertz CT molecular complexity index is 525. The topological polar surface area (TPSA) is 50.1 Å². The third-order valence-electron chi connectivity index (χ3n) is 1.84. The van der Waals surface area contributed by atoms with E-state index in [1.165, 1.54) is 0 Å². The van der Waals surface area contributed by atoms with E-state index in [-0.39, 0.29) is 16.0 Å². The van der Waals surface area contributed by atoms with E-state index in [0.29, 0.717) is 0 Å². The lowest BCUT2D eigenvalue weighted by Crippen LogP contribution is -2.07. The number of rotatable bonds is 2. The first-order valence-corrected chi connectivity index (χ1v) is 5.56. The average Bonchev–Trinajstić information content (AvgIpc) is 2.29. The van der Waals surface area contributed by atoms with Gasteiger partial charge in [-0.05, 0) is 23.9 Å². The molecular formula is C10H5ClF3NO2S. The van der Waals surface area contributed by atoms with Gasteiger partial charge in [0.1, 0.15) is 6.07 Å². The first-order valence-electron chi connectivity index (χ1n) is 4.36. The summed E-state index contributed by atoms with van der Waals surface area (Å²) in [6.45, 7) is 0. The van der Waals surface area contributed by atoms with E-state index < -0.39 is 28.3 Å². The molecule has 1 aromatic rings. The maximum absolute atomic E-state index is 12.2. The molecule has 0 unspecified atom stereocenters. The number of carbonyl (C=O) groups is 1. The second kappa shape index (κ2) is 5.50. The summed E-state index contributed by atoms with van der Waals surface area (Å²) < 4.78 is 41.1. The molecule has 0 aliphatic heterocycles. The first kappa shape index (κ1) is 14.7. The van der Waals surface area contributed by atoms with Crippen LogP contribution in [0.5, 0.6) is 0 Å². The van der Waals surface area contributed by atoms with E-state index in [4.69, 9.17) is 16.9 Å². The third-order valence-corrected chi connectivity index (χ3v) is 3.14. The molecule has 0 amide bonds. The molecule has 0 aromatic heterocycles. The zero-order valence-corrected chi connectivity index (χ0v) is 10.4. The molecule has 0 fully saturated rings. The van der Waals surface area contributed by atoms with Crippen LogP contribution in [-0.4, -0.2) is 18.6 Å². The van der Waals surface area contributed by atoms with Crippen LogP contribution >= 0.6 is 23.4 Å². The minimum Gasteiger partial charge on any atom is -0.465 e. The van der Waals surface area contributed by atoms with E-state index in [2.05, 4.69) is 4.74 Å². The number of hydrogen-bond donors (Lipinski definition) is 0. The van der Waals surface area contributed by atoms with Crippen molar-refractivity contribution in [1.82, 2.24) is 0 Å². The lowest BCUT2D eigenvalue weighted by atomic mass is 10.1. The lowest BCUT2D eigenvalue weighted by molar-refractivity contribution is -0.0328. The number of alkyl halides is 3. The van der Waals surface area contributed by atoms with Crippen molar-refractivity contribution in [2.45, 2.75) is 10.4 Å². The van der Waals surface area contributed by atoms with Gasteiger partial charge in [0.05, 0.1) is 23.3 Å². The summed E-state index contributed by atoms with van der Waals surface area (Å²) in [6.07, 6.45) is 0. The predicted octanol–water partition coefficient (Wildman–Crippen LogP) is 3.61. The zero-order valence-electron chi connectivity index (χ0n) is 8.84. The fourth-order valence-electron chi connectivity index (χ4n) is 1.16. The summed E-state index contributed by atoms with van der Waals surface area (Å²) in [5, 5.41) is 8.32. The summed E-state index contributed by atoms with van der Waals surface area (Å²) in [6, 6.07) is 3.79. The Balaban J connectivity index is 3.35. The maximum Gasteiger partial charge on any atom is 0.446 e. The van der Waals surface area contributed by atoms with Gasteiger partial charge in [-0.25, -0.2) is 4.79 Å². The predicted molar refractivity (Wildman–Crippen MR) is 59.4 cm³/mol. The highest BCUT2D eigenvalue weighted by molar-refractivity contribution is 8.00. The molecule has 8 heteroatoms. The molecule has 0 heterocycles. The second-order valence-corrected chi connectivity index (χ2v) is 4.44. The number of esters is 1. The largest absolute Gasteiger partial charge is 0.465 e. The van der Waals surface area contributed by atoms with Gasteiger partial charge in [0.15, 0.2) is 0 Å². The fourth-order valence-corrected chi connectivity index (χ4v) is 2.09. The van der Waals surface area contributed by atoms with E-state index in [1.807, 2.05) is 0 Å². The van der Waals surface area contributed by atoms with Crippen LogP contribution in [-0.2, 0) is 4.74 Å². The standard InChI is InChI=1S/C10H5ClF3NO2S/c1-17-9(16)7-5(4-15)2-3-6(8(7)11)18-10(12,13)14/h2-3H,1H3. The van der Waals surface area contributed by atoms with Gasteiger partial charge in [0, 0.05) is 4.90 Å². The molecule has 3 nitrogen and oxygen atoms in total. The Morgan fingerprint density at radius 1 is 1.50 bits per heavy atom. The Morgan fingerprint density at radius 3 is 2.56 bits per heavy atom. The van der Waals surface area contributed by atoms with Crippen LogP contribution in [0.3, 0.4) is 0 Å². The molecule has 0 aliphatic rings. The normalized spacial score (nSPS) is 10.9. The lowest BCUT2D eigenvalue weighted by Gasteiger charge is -2.11. The van der Waals surface area contributed by atoms with Gasteiger partial charge in [0.25, 0.3) is 0 Å². The van der Waals surface area contributed by atoms with Crippen molar-refractivity contribution >= 4 is 29.3 Å². The molecule has 1 rings (SSSR count). The van der Waals surface area contributed by atoms with Crippen molar-refractivity contribution < 1.29 is 22.7 Å². The summed E-state index contributed by atoms with van der Waals surface area (Å²) in [5.41, 5.74) is -5.04. The molecule has 1 aromatic carbocycles. The zero-order chi connectivity index (χ0) is 13.9. The van der Waals surface area contributed by atoms with Crippen molar-refractivity contribution in [3.63, 3.8) is 0 Å². The van der Waals surface area contributed by atoms with Crippen LogP contribution < -0.4 is 0 Å². The third kappa shape index (κ3) is 3.31. The van der Waals surface area contributed by atoms with Gasteiger partial charge in [-0.3, -0.25) is 0 Å². The Hall–Kier alpha value is -1.39. The number of nitrogens with zero attached hydrogens (tertiary/aromatic N) is 1. The summed E-state index contributed by atoms with van der Waals surface area (Å²) in [7, 11) is 1.05. The van der Waals surface area contributed by atoms with E-state index in [9.17, 15) is 18.0 Å². The Labute approximate surface area is 109 Å². The number of benzene rings is 1. The summed E-state index contributed by atoms with van der Waals surface area (Å²) in [5.74, 6) is -0.957. The highest BCUT2D eigenvalue weighted by Crippen LogP contribution is 2.42. The monoisotopic (exact) mass is 295 g/mol. The first-order chi connectivity index (χ1) is 8.30. The van der Waals surface area contributed by atoms with E-state index in [0.717, 1.165) is 19.2 Å². The van der Waals surface area contributed by atoms with Gasteiger partial charge in [-0.15, -0.1) is 0 Å². The smallest absolute Gasteiger partial charge is 0.446 e. The molecule has 96 valence electrons. The maximum atomic E-state index is 12.2. The minimum atomic E-state index is -4.54. The number of methoxy groups -OCH3 is 1. The highest BCUT2D eigenvalue weighted by atomic mass is 35.5. The number of carbonyl (C=O) groups excluding carboxylic acids is 1. The molecule has 0 atom stereocenters. The molecule has 18 heavy (non-hydrogen) atoms. The average molecular weight is 296 g/mol. The molecule has 0 radical (unpaired) electrons. The highest BCUT2D eigenvalue weighted by Gasteiger charge is 2.32. The van der Waals surface area contributed by atoms with E-state index >= 15 is 0 Å². The molecular weight excluding hydrogens is 291 g/mol. The minimum absolute atomic E-state index is 0.140. The van der Waals surface area contributed by atoms with Gasteiger partial charge < -0.3 is 4.74 Å². The molecule has 0 N–H and O–H groups in total. The summed E-state index contributed by atoms with van der Waals surface area (Å²) >= 11 is 5.24. The number of ether oxygens (including phenoxy) is 1. The van der Waals surface area contributed by atoms with Crippen LogP contribution in [0.4, 0.5) is 13.2 Å². The van der Waals surface area contributed by atoms with Crippen molar-refractivity contribution in [1.29, 1.82) is 5.26 Å².